The SMILES string of the molecule is CN=C(NCCc1c(C)nn(C)c1C)NCc1ccc(C)cc1OC1CCOC1. The second-order valence-corrected chi connectivity index (χ2v) is 7.59. The van der Waals surface area contributed by atoms with E-state index in [0.717, 1.165) is 49.0 Å². The van der Waals surface area contributed by atoms with Crippen LogP contribution < -0.4 is 15.4 Å². The van der Waals surface area contributed by atoms with Crippen LogP contribution in [-0.4, -0.2) is 48.7 Å². The van der Waals surface area contributed by atoms with Crippen molar-refractivity contribution in [3.05, 3.63) is 46.3 Å². The molecule has 0 amide bonds. The largest absolute Gasteiger partial charge is 0.488 e. The highest BCUT2D eigenvalue weighted by atomic mass is 16.5. The quantitative estimate of drug-likeness (QED) is 0.553. The summed E-state index contributed by atoms with van der Waals surface area (Å²) in [5.74, 6) is 1.70. The van der Waals surface area contributed by atoms with Gasteiger partial charge in [0.25, 0.3) is 0 Å². The molecule has 1 saturated heterocycles. The standard InChI is InChI=1S/C22H33N5O2/c1-15-6-7-18(21(12-15)29-19-9-11-28-14-19)13-25-22(23-4)24-10-8-20-16(2)26-27(5)17(20)3/h6-7,12,19H,8-11,13-14H2,1-5H3,(H2,23,24,25). The number of ether oxygens (including phenoxy) is 2. The lowest BCUT2D eigenvalue weighted by Crippen LogP contribution is -2.38. The molecule has 0 spiro atoms. The Bertz CT molecular complexity index is 853. The molecule has 1 fully saturated rings. The van der Waals surface area contributed by atoms with E-state index in [2.05, 4.69) is 59.7 Å². The molecule has 1 unspecified atom stereocenters. The topological polar surface area (TPSA) is 72.7 Å². The Labute approximate surface area is 173 Å². The lowest BCUT2D eigenvalue weighted by molar-refractivity contribution is 0.140. The van der Waals surface area contributed by atoms with Gasteiger partial charge in [-0.25, -0.2) is 0 Å². The van der Waals surface area contributed by atoms with Gasteiger partial charge in [0, 0.05) is 44.9 Å². The van der Waals surface area contributed by atoms with E-state index < -0.39 is 0 Å². The summed E-state index contributed by atoms with van der Waals surface area (Å²) in [5, 5.41) is 11.3. The fourth-order valence-corrected chi connectivity index (χ4v) is 3.59. The summed E-state index contributed by atoms with van der Waals surface area (Å²) in [7, 11) is 3.77. The number of rotatable bonds is 7. The van der Waals surface area contributed by atoms with E-state index in [-0.39, 0.29) is 6.10 Å². The Kier molecular flexibility index (Phi) is 7.14. The van der Waals surface area contributed by atoms with Crippen molar-refractivity contribution in [2.75, 3.05) is 26.8 Å². The second kappa shape index (κ2) is 9.78. The second-order valence-electron chi connectivity index (χ2n) is 7.59. The number of guanidine groups is 1. The van der Waals surface area contributed by atoms with Crippen molar-refractivity contribution < 1.29 is 9.47 Å². The van der Waals surface area contributed by atoms with Gasteiger partial charge < -0.3 is 20.1 Å². The molecule has 1 aliphatic heterocycles. The van der Waals surface area contributed by atoms with Gasteiger partial charge in [0.1, 0.15) is 11.9 Å². The molecule has 1 aromatic carbocycles. The molecule has 158 valence electrons. The Morgan fingerprint density at radius 2 is 2.14 bits per heavy atom. The summed E-state index contributed by atoms with van der Waals surface area (Å²) < 4.78 is 13.6. The first-order chi connectivity index (χ1) is 14.0. The zero-order valence-electron chi connectivity index (χ0n) is 18.2. The van der Waals surface area contributed by atoms with Gasteiger partial charge in [-0.15, -0.1) is 0 Å². The molecule has 7 nitrogen and oxygen atoms in total. The lowest BCUT2D eigenvalue weighted by Gasteiger charge is -2.18. The van der Waals surface area contributed by atoms with Gasteiger partial charge in [0.15, 0.2) is 5.96 Å². The summed E-state index contributed by atoms with van der Waals surface area (Å²) in [4.78, 5) is 4.35. The molecule has 0 saturated carbocycles. The fourth-order valence-electron chi connectivity index (χ4n) is 3.59. The predicted octanol–water partition coefficient (Wildman–Crippen LogP) is 2.42. The maximum atomic E-state index is 6.19. The zero-order chi connectivity index (χ0) is 20.8. The van der Waals surface area contributed by atoms with Crippen LogP contribution in [0, 0.1) is 20.8 Å². The average molecular weight is 400 g/mol. The van der Waals surface area contributed by atoms with Crippen molar-refractivity contribution in [3.8, 4) is 5.75 Å². The van der Waals surface area contributed by atoms with E-state index in [4.69, 9.17) is 9.47 Å². The highest BCUT2D eigenvalue weighted by Crippen LogP contribution is 2.23. The van der Waals surface area contributed by atoms with Crippen LogP contribution in [0.3, 0.4) is 0 Å². The molecular weight excluding hydrogens is 366 g/mol. The minimum Gasteiger partial charge on any atom is -0.488 e. The molecule has 0 radical (unpaired) electrons. The molecule has 2 heterocycles. The summed E-state index contributed by atoms with van der Waals surface area (Å²) in [6.07, 6.45) is 1.99. The summed E-state index contributed by atoms with van der Waals surface area (Å²) in [6, 6.07) is 6.32. The van der Waals surface area contributed by atoms with Crippen LogP contribution >= 0.6 is 0 Å². The van der Waals surface area contributed by atoms with E-state index >= 15 is 0 Å². The minimum absolute atomic E-state index is 0.138. The van der Waals surface area contributed by atoms with Gasteiger partial charge in [-0.05, 0) is 44.4 Å². The van der Waals surface area contributed by atoms with E-state index in [9.17, 15) is 0 Å². The van der Waals surface area contributed by atoms with Crippen LogP contribution in [0.1, 0.15) is 34.5 Å². The van der Waals surface area contributed by atoms with E-state index in [0.29, 0.717) is 13.2 Å². The third-order valence-electron chi connectivity index (χ3n) is 5.40. The maximum absolute atomic E-state index is 6.19. The zero-order valence-corrected chi connectivity index (χ0v) is 18.2. The number of aromatic nitrogens is 2. The van der Waals surface area contributed by atoms with Crippen molar-refractivity contribution in [3.63, 3.8) is 0 Å². The third-order valence-corrected chi connectivity index (χ3v) is 5.40. The first-order valence-corrected chi connectivity index (χ1v) is 10.3. The van der Waals surface area contributed by atoms with Gasteiger partial charge in [-0.3, -0.25) is 9.67 Å². The van der Waals surface area contributed by atoms with E-state index in [1.54, 1.807) is 7.05 Å². The average Bonchev–Trinajstić information content (AvgIpc) is 3.28. The first-order valence-electron chi connectivity index (χ1n) is 10.3. The number of nitrogens with one attached hydrogen (secondary N) is 2. The maximum Gasteiger partial charge on any atom is 0.191 e. The molecule has 29 heavy (non-hydrogen) atoms. The Hall–Kier alpha value is -2.54. The number of hydrogen-bond donors (Lipinski definition) is 2. The van der Waals surface area contributed by atoms with Crippen molar-refractivity contribution in [2.45, 2.75) is 46.3 Å². The van der Waals surface area contributed by atoms with Gasteiger partial charge in [-0.1, -0.05) is 12.1 Å². The summed E-state index contributed by atoms with van der Waals surface area (Å²) in [6.45, 7) is 9.13. The molecule has 2 aromatic rings. The number of benzene rings is 1. The molecule has 1 atom stereocenters. The first kappa shape index (κ1) is 21.2. The van der Waals surface area contributed by atoms with Crippen LogP contribution in [0.5, 0.6) is 5.75 Å². The molecule has 1 aliphatic rings. The van der Waals surface area contributed by atoms with Crippen LogP contribution in [0.2, 0.25) is 0 Å². The molecule has 0 bridgehead atoms. The van der Waals surface area contributed by atoms with Crippen molar-refractivity contribution >= 4 is 5.96 Å². The normalized spacial score (nSPS) is 16.9. The van der Waals surface area contributed by atoms with Gasteiger partial charge in [0.05, 0.1) is 18.9 Å². The van der Waals surface area contributed by atoms with Crippen LogP contribution in [0.25, 0.3) is 0 Å². The highest BCUT2D eigenvalue weighted by Gasteiger charge is 2.19. The molecule has 3 rings (SSSR count). The Morgan fingerprint density at radius 3 is 2.79 bits per heavy atom. The monoisotopic (exact) mass is 399 g/mol. The van der Waals surface area contributed by atoms with Gasteiger partial charge >= 0.3 is 0 Å². The van der Waals surface area contributed by atoms with E-state index in [1.165, 1.54) is 16.8 Å². The minimum atomic E-state index is 0.138. The Morgan fingerprint density at radius 1 is 1.31 bits per heavy atom. The molecule has 7 heteroatoms. The fraction of sp³-hybridized carbons (Fsp3) is 0.545. The molecule has 1 aromatic heterocycles. The van der Waals surface area contributed by atoms with Crippen molar-refractivity contribution in [2.24, 2.45) is 12.0 Å². The van der Waals surface area contributed by atoms with Crippen LogP contribution in [0.15, 0.2) is 23.2 Å². The number of aryl methyl sites for hydroxylation is 3. The third kappa shape index (κ3) is 5.50. The molecule has 2 N–H and O–H groups in total. The van der Waals surface area contributed by atoms with Crippen LogP contribution in [-0.2, 0) is 24.8 Å². The predicted molar refractivity (Wildman–Crippen MR) is 116 cm³/mol. The van der Waals surface area contributed by atoms with E-state index in [1.807, 2.05) is 11.7 Å². The number of aliphatic imine (C=N–C) groups is 1. The van der Waals surface area contributed by atoms with Crippen LogP contribution in [0.4, 0.5) is 0 Å². The molecule has 0 aliphatic carbocycles. The summed E-state index contributed by atoms with van der Waals surface area (Å²) >= 11 is 0. The summed E-state index contributed by atoms with van der Waals surface area (Å²) in [5.41, 5.74) is 5.90. The van der Waals surface area contributed by atoms with Gasteiger partial charge in [-0.2, -0.15) is 5.10 Å². The van der Waals surface area contributed by atoms with Gasteiger partial charge in [0.2, 0.25) is 0 Å². The van der Waals surface area contributed by atoms with Crippen molar-refractivity contribution in [1.82, 2.24) is 20.4 Å². The number of hydrogen-bond acceptors (Lipinski definition) is 4. The number of nitrogens with zero attached hydrogens (tertiary/aromatic N) is 3. The lowest BCUT2D eigenvalue weighted by atomic mass is 10.1. The Balaban J connectivity index is 1.55. The van der Waals surface area contributed by atoms with Crippen molar-refractivity contribution in [1.29, 1.82) is 0 Å². The highest BCUT2D eigenvalue weighted by molar-refractivity contribution is 5.79. The smallest absolute Gasteiger partial charge is 0.191 e. The molecular formula is C22H33N5O2.